The zero-order valence-electron chi connectivity index (χ0n) is 12.3. The Hall–Kier alpha value is -1.92. The highest BCUT2D eigenvalue weighted by atomic mass is 35.5. The number of amides is 1. The summed E-state index contributed by atoms with van der Waals surface area (Å²) in [6.45, 7) is 1.79. The van der Waals surface area contributed by atoms with E-state index >= 15 is 0 Å². The van der Waals surface area contributed by atoms with E-state index in [1.54, 1.807) is 25.6 Å². The Morgan fingerprint density at radius 2 is 2.09 bits per heavy atom. The third kappa shape index (κ3) is 3.13. The van der Waals surface area contributed by atoms with Gasteiger partial charge in [0.15, 0.2) is 5.82 Å². The second kappa shape index (κ2) is 6.46. The molecule has 0 spiro atoms. The van der Waals surface area contributed by atoms with E-state index in [0.717, 1.165) is 11.4 Å². The third-order valence-electron chi connectivity index (χ3n) is 3.80. The van der Waals surface area contributed by atoms with Gasteiger partial charge in [0.25, 0.3) is 0 Å². The van der Waals surface area contributed by atoms with Crippen molar-refractivity contribution in [1.29, 1.82) is 0 Å². The molecule has 0 radical (unpaired) electrons. The van der Waals surface area contributed by atoms with E-state index in [0.29, 0.717) is 31.1 Å². The predicted octanol–water partition coefficient (Wildman–Crippen LogP) is 1.70. The molecule has 1 aromatic heterocycles. The molecule has 6 nitrogen and oxygen atoms in total. The van der Waals surface area contributed by atoms with Crippen molar-refractivity contribution in [3.63, 3.8) is 0 Å². The minimum absolute atomic E-state index is 0.125. The summed E-state index contributed by atoms with van der Waals surface area (Å²) in [6, 6.07) is 7.60. The van der Waals surface area contributed by atoms with Gasteiger partial charge in [-0.1, -0.05) is 23.7 Å². The molecule has 0 aliphatic carbocycles. The lowest BCUT2D eigenvalue weighted by molar-refractivity contribution is -0.136. The highest BCUT2D eigenvalue weighted by Crippen LogP contribution is 2.23. The van der Waals surface area contributed by atoms with Crippen molar-refractivity contribution in [3.05, 3.63) is 47.0 Å². The molecule has 1 amide bonds. The minimum atomic E-state index is 0.125. The lowest BCUT2D eigenvalue weighted by Crippen LogP contribution is -2.51. The van der Waals surface area contributed by atoms with Crippen LogP contribution in [-0.4, -0.2) is 45.8 Å². The number of aromatic nitrogens is 3. The number of nitrogens with zero attached hydrogens (tertiary/aromatic N) is 4. The van der Waals surface area contributed by atoms with Crippen LogP contribution in [0.25, 0.3) is 0 Å². The number of ether oxygens (including phenoxy) is 1. The standard InChI is InChI=1S/C15H17ClN4O2/c1-22-9-14-18-17-10-20(14)13-7-19(8-13)15(21)6-11-2-4-12(16)5-3-11/h2-5,10,13H,6-9H2,1H3. The minimum Gasteiger partial charge on any atom is -0.377 e. The Morgan fingerprint density at radius 3 is 2.77 bits per heavy atom. The van der Waals surface area contributed by atoms with Crippen LogP contribution in [0.1, 0.15) is 17.4 Å². The van der Waals surface area contributed by atoms with Gasteiger partial charge in [-0.15, -0.1) is 10.2 Å². The van der Waals surface area contributed by atoms with Gasteiger partial charge >= 0.3 is 0 Å². The molecule has 1 aliphatic rings. The molecule has 22 heavy (non-hydrogen) atoms. The number of hydrogen-bond donors (Lipinski definition) is 0. The van der Waals surface area contributed by atoms with Gasteiger partial charge in [0.05, 0.1) is 12.5 Å². The molecular formula is C15H17ClN4O2. The van der Waals surface area contributed by atoms with Gasteiger partial charge in [-0.25, -0.2) is 0 Å². The van der Waals surface area contributed by atoms with E-state index in [1.807, 2.05) is 21.6 Å². The monoisotopic (exact) mass is 320 g/mol. The molecule has 0 bridgehead atoms. The third-order valence-corrected chi connectivity index (χ3v) is 4.05. The molecule has 0 N–H and O–H groups in total. The number of halogens is 1. The van der Waals surface area contributed by atoms with Crippen molar-refractivity contribution in [1.82, 2.24) is 19.7 Å². The fourth-order valence-corrected chi connectivity index (χ4v) is 2.65. The van der Waals surface area contributed by atoms with E-state index in [4.69, 9.17) is 16.3 Å². The molecule has 7 heteroatoms. The van der Waals surface area contributed by atoms with E-state index < -0.39 is 0 Å². The summed E-state index contributed by atoms with van der Waals surface area (Å²) in [5, 5.41) is 8.61. The summed E-state index contributed by atoms with van der Waals surface area (Å²) < 4.78 is 7.08. The van der Waals surface area contributed by atoms with Crippen LogP contribution in [0.15, 0.2) is 30.6 Å². The first-order chi connectivity index (χ1) is 10.7. The van der Waals surface area contributed by atoms with Crippen LogP contribution >= 0.6 is 11.6 Å². The average molecular weight is 321 g/mol. The lowest BCUT2D eigenvalue weighted by atomic mass is 10.1. The summed E-state index contributed by atoms with van der Waals surface area (Å²) in [5.74, 6) is 0.914. The molecule has 2 heterocycles. The topological polar surface area (TPSA) is 60.3 Å². The Balaban J connectivity index is 1.55. The average Bonchev–Trinajstić information content (AvgIpc) is 2.88. The number of rotatable bonds is 5. The van der Waals surface area contributed by atoms with Crippen LogP contribution in [0.2, 0.25) is 5.02 Å². The summed E-state index contributed by atoms with van der Waals surface area (Å²) in [5.41, 5.74) is 0.974. The van der Waals surface area contributed by atoms with Crippen LogP contribution in [0.3, 0.4) is 0 Å². The SMILES string of the molecule is COCc1nncn1C1CN(C(=O)Cc2ccc(Cl)cc2)C1. The molecule has 0 unspecified atom stereocenters. The van der Waals surface area contributed by atoms with Crippen LogP contribution < -0.4 is 0 Å². The fraction of sp³-hybridized carbons (Fsp3) is 0.400. The first-order valence-electron chi connectivity index (χ1n) is 7.07. The normalized spacial score (nSPS) is 14.9. The van der Waals surface area contributed by atoms with Gasteiger partial charge in [-0.05, 0) is 17.7 Å². The summed E-state index contributed by atoms with van der Waals surface area (Å²) in [4.78, 5) is 14.1. The number of likely N-dealkylation sites (tertiary alicyclic amines) is 1. The molecular weight excluding hydrogens is 304 g/mol. The number of methoxy groups -OCH3 is 1. The molecule has 1 fully saturated rings. The maximum absolute atomic E-state index is 12.2. The van der Waals surface area contributed by atoms with E-state index in [2.05, 4.69) is 10.2 Å². The molecule has 0 saturated carbocycles. The zero-order valence-corrected chi connectivity index (χ0v) is 13.0. The summed E-state index contributed by atoms with van der Waals surface area (Å²) in [6.07, 6.45) is 2.09. The number of benzene rings is 1. The maximum atomic E-state index is 12.2. The van der Waals surface area contributed by atoms with E-state index in [-0.39, 0.29) is 11.9 Å². The van der Waals surface area contributed by atoms with Crippen molar-refractivity contribution in [2.75, 3.05) is 20.2 Å². The molecule has 3 rings (SSSR count). The van der Waals surface area contributed by atoms with Crippen molar-refractivity contribution in [3.8, 4) is 0 Å². The van der Waals surface area contributed by atoms with Crippen LogP contribution in [0.5, 0.6) is 0 Å². The van der Waals surface area contributed by atoms with Gasteiger partial charge in [0, 0.05) is 25.2 Å². The van der Waals surface area contributed by atoms with Gasteiger partial charge in [-0.3, -0.25) is 4.79 Å². The number of carbonyl (C=O) groups excluding carboxylic acids is 1. The molecule has 1 aromatic carbocycles. The quantitative estimate of drug-likeness (QED) is 0.841. The summed E-state index contributed by atoms with van der Waals surface area (Å²) >= 11 is 5.85. The fourth-order valence-electron chi connectivity index (χ4n) is 2.53. The van der Waals surface area contributed by atoms with Crippen molar-refractivity contribution >= 4 is 17.5 Å². The Labute approximate surface area is 133 Å². The number of hydrogen-bond acceptors (Lipinski definition) is 4. The van der Waals surface area contributed by atoms with Crippen molar-refractivity contribution in [2.45, 2.75) is 19.1 Å². The number of carbonyl (C=O) groups is 1. The Bertz CT molecular complexity index is 650. The summed E-state index contributed by atoms with van der Waals surface area (Å²) in [7, 11) is 1.63. The molecule has 1 aliphatic heterocycles. The largest absolute Gasteiger partial charge is 0.377 e. The predicted molar refractivity (Wildman–Crippen MR) is 81.5 cm³/mol. The van der Waals surface area contributed by atoms with Crippen molar-refractivity contribution in [2.24, 2.45) is 0 Å². The second-order valence-corrected chi connectivity index (χ2v) is 5.78. The van der Waals surface area contributed by atoms with Crippen LogP contribution in [-0.2, 0) is 22.6 Å². The first-order valence-corrected chi connectivity index (χ1v) is 7.44. The first kappa shape index (κ1) is 15.0. The maximum Gasteiger partial charge on any atom is 0.227 e. The van der Waals surface area contributed by atoms with E-state index in [1.165, 1.54) is 0 Å². The highest BCUT2D eigenvalue weighted by molar-refractivity contribution is 6.30. The molecule has 0 atom stereocenters. The Kier molecular flexibility index (Phi) is 4.40. The Morgan fingerprint density at radius 1 is 1.36 bits per heavy atom. The van der Waals surface area contributed by atoms with Gasteiger partial charge in [0.1, 0.15) is 12.9 Å². The van der Waals surface area contributed by atoms with Gasteiger partial charge < -0.3 is 14.2 Å². The van der Waals surface area contributed by atoms with E-state index in [9.17, 15) is 4.79 Å². The lowest BCUT2D eigenvalue weighted by Gasteiger charge is -2.40. The molecule has 1 saturated heterocycles. The van der Waals surface area contributed by atoms with Gasteiger partial charge in [-0.2, -0.15) is 0 Å². The van der Waals surface area contributed by atoms with Crippen LogP contribution in [0, 0.1) is 0 Å². The zero-order chi connectivity index (χ0) is 15.5. The van der Waals surface area contributed by atoms with Crippen molar-refractivity contribution < 1.29 is 9.53 Å². The molecule has 116 valence electrons. The van der Waals surface area contributed by atoms with Gasteiger partial charge in [0.2, 0.25) is 5.91 Å². The second-order valence-electron chi connectivity index (χ2n) is 5.34. The highest BCUT2D eigenvalue weighted by Gasteiger charge is 2.32. The smallest absolute Gasteiger partial charge is 0.227 e. The molecule has 2 aromatic rings. The van der Waals surface area contributed by atoms with Crippen LogP contribution in [0.4, 0.5) is 0 Å².